The predicted octanol–water partition coefficient (Wildman–Crippen LogP) is 11.3. The van der Waals surface area contributed by atoms with E-state index in [2.05, 4.69) is 49.0 Å². The first-order valence-corrected chi connectivity index (χ1v) is 16.2. The lowest BCUT2D eigenvalue weighted by molar-refractivity contribution is 0.217. The van der Waals surface area contributed by atoms with Gasteiger partial charge in [-0.05, 0) is 51.4 Å². The van der Waals surface area contributed by atoms with E-state index in [0.29, 0.717) is 0 Å². The van der Waals surface area contributed by atoms with Crippen LogP contribution in [-0.2, 0) is 0 Å². The summed E-state index contributed by atoms with van der Waals surface area (Å²) in [6.45, 7) is 2.29. The minimum atomic E-state index is -0.556. The van der Waals surface area contributed by atoms with Gasteiger partial charge >= 0.3 is 0 Å². The number of rotatable bonds is 27. The Morgan fingerprint density at radius 2 is 0.946 bits per heavy atom. The average molecular weight is 511 g/mol. The molecule has 1 atom stereocenters. The average Bonchev–Trinajstić information content (AvgIpc) is 2.91. The molecule has 37 heavy (non-hydrogen) atoms. The van der Waals surface area contributed by atoms with Crippen LogP contribution in [0.1, 0.15) is 174 Å². The van der Waals surface area contributed by atoms with Crippen LogP contribution >= 0.6 is 0 Å². The third kappa shape index (κ3) is 32.5. The highest BCUT2D eigenvalue weighted by Crippen LogP contribution is 2.13. The summed E-state index contributed by atoms with van der Waals surface area (Å²) in [4.78, 5) is 0. The van der Waals surface area contributed by atoms with Crippen molar-refractivity contribution >= 4 is 0 Å². The first-order valence-electron chi connectivity index (χ1n) is 16.2. The molecule has 1 unspecified atom stereocenters. The van der Waals surface area contributed by atoms with Gasteiger partial charge in [0, 0.05) is 12.8 Å². The van der Waals surface area contributed by atoms with Crippen molar-refractivity contribution in [3.8, 4) is 24.2 Å². The summed E-state index contributed by atoms with van der Waals surface area (Å²) >= 11 is 0. The first kappa shape index (κ1) is 35.6. The van der Waals surface area contributed by atoms with E-state index in [0.717, 1.165) is 44.9 Å². The van der Waals surface area contributed by atoms with Gasteiger partial charge in [0.2, 0.25) is 0 Å². The maximum atomic E-state index is 9.30. The van der Waals surface area contributed by atoms with Crippen molar-refractivity contribution in [1.82, 2.24) is 0 Å². The quantitative estimate of drug-likeness (QED) is 0.0661. The van der Waals surface area contributed by atoms with Gasteiger partial charge in [-0.15, -0.1) is 18.3 Å². The molecule has 0 rings (SSSR count). The van der Waals surface area contributed by atoms with E-state index >= 15 is 0 Å². The van der Waals surface area contributed by atoms with Crippen LogP contribution in [0.5, 0.6) is 0 Å². The Kier molecular flexibility index (Phi) is 31.3. The molecule has 0 fully saturated rings. The number of allylic oxidation sites excluding steroid dienone is 4. The predicted molar refractivity (Wildman–Crippen MR) is 167 cm³/mol. The molecule has 0 radical (unpaired) electrons. The Balaban J connectivity index is 3.25. The lowest BCUT2D eigenvalue weighted by atomic mass is 10.0. The van der Waals surface area contributed by atoms with Gasteiger partial charge < -0.3 is 5.11 Å². The Labute approximate surface area is 233 Å². The number of unbranched alkanes of at least 4 members (excludes halogenated alkanes) is 21. The van der Waals surface area contributed by atoms with Crippen molar-refractivity contribution in [1.29, 1.82) is 0 Å². The zero-order valence-electron chi connectivity index (χ0n) is 24.8. The Morgan fingerprint density at radius 3 is 1.51 bits per heavy atom. The second-order valence-electron chi connectivity index (χ2n) is 10.8. The number of aliphatic hydroxyl groups is 1. The zero-order chi connectivity index (χ0) is 26.9. The highest BCUT2D eigenvalue weighted by molar-refractivity contribution is 5.00. The van der Waals surface area contributed by atoms with Crippen molar-refractivity contribution < 1.29 is 5.11 Å². The number of hydrogen-bond acceptors (Lipinski definition) is 1. The third-order valence-corrected chi connectivity index (χ3v) is 7.09. The second kappa shape index (κ2) is 32.6. The van der Waals surface area contributed by atoms with Crippen molar-refractivity contribution in [3.05, 3.63) is 24.3 Å². The van der Waals surface area contributed by atoms with Gasteiger partial charge in [0.05, 0.1) is 0 Å². The third-order valence-electron chi connectivity index (χ3n) is 7.09. The zero-order valence-corrected chi connectivity index (χ0v) is 24.8. The number of hydrogen-bond donors (Lipinski definition) is 1. The Morgan fingerprint density at radius 1 is 0.514 bits per heavy atom. The molecule has 0 aromatic heterocycles. The van der Waals surface area contributed by atoms with Gasteiger partial charge in [0.25, 0.3) is 0 Å². The topological polar surface area (TPSA) is 20.2 Å². The fourth-order valence-electron chi connectivity index (χ4n) is 4.62. The van der Waals surface area contributed by atoms with Gasteiger partial charge in [-0.25, -0.2) is 0 Å². The molecule has 0 aromatic carbocycles. The van der Waals surface area contributed by atoms with Crippen LogP contribution in [0.3, 0.4) is 0 Å². The number of terminal acetylenes is 1. The second-order valence-corrected chi connectivity index (χ2v) is 10.8. The Hall–Kier alpha value is -1.44. The largest absolute Gasteiger partial charge is 0.380 e. The summed E-state index contributed by atoms with van der Waals surface area (Å²) in [6, 6.07) is 0. The molecule has 0 aliphatic carbocycles. The van der Waals surface area contributed by atoms with Crippen LogP contribution in [0.25, 0.3) is 0 Å². The minimum Gasteiger partial charge on any atom is -0.380 e. The standard InChI is InChI=1S/C36H62O/c1-3-5-6-7-8-9-10-11-12-13-14-15-16-17-18-19-20-21-22-23-24-25-26-27-28-29-30-31-32-33-34-35-36(37)4-2/h2,19-20,23-24,36-37H,3,5-18,21-22,25-26,29-35H2,1H3. The van der Waals surface area contributed by atoms with E-state index in [-0.39, 0.29) is 0 Å². The summed E-state index contributed by atoms with van der Waals surface area (Å²) in [5, 5.41) is 9.30. The van der Waals surface area contributed by atoms with Crippen molar-refractivity contribution in [2.75, 3.05) is 0 Å². The van der Waals surface area contributed by atoms with Gasteiger partial charge in [-0.2, -0.15) is 0 Å². The molecule has 0 aliphatic rings. The van der Waals surface area contributed by atoms with E-state index in [9.17, 15) is 5.11 Å². The Bertz CT molecular complexity index is 596. The van der Waals surface area contributed by atoms with Gasteiger partial charge in [-0.1, -0.05) is 140 Å². The summed E-state index contributed by atoms with van der Waals surface area (Å²) in [7, 11) is 0. The van der Waals surface area contributed by atoms with Crippen molar-refractivity contribution in [2.24, 2.45) is 0 Å². The first-order chi connectivity index (χ1) is 18.3. The molecular weight excluding hydrogens is 448 g/mol. The van der Waals surface area contributed by atoms with Crippen molar-refractivity contribution in [2.45, 2.75) is 180 Å². The summed E-state index contributed by atoms with van der Waals surface area (Å²) in [5.41, 5.74) is 0. The van der Waals surface area contributed by atoms with Gasteiger partial charge in [-0.3, -0.25) is 0 Å². The van der Waals surface area contributed by atoms with E-state index in [1.165, 1.54) is 122 Å². The van der Waals surface area contributed by atoms with Gasteiger partial charge in [0.15, 0.2) is 0 Å². The maximum absolute atomic E-state index is 9.30. The monoisotopic (exact) mass is 510 g/mol. The molecule has 0 saturated heterocycles. The fraction of sp³-hybridized carbons (Fsp3) is 0.778. The number of aliphatic hydroxyl groups excluding tert-OH is 1. The molecule has 0 amide bonds. The molecular formula is C36H62O. The smallest absolute Gasteiger partial charge is 0.114 e. The molecule has 0 aliphatic heterocycles. The SMILES string of the molecule is C#CC(O)CCCCCCCC#CCCC=CCCC=CCCCCCCCCCCCCCCCC. The minimum absolute atomic E-state index is 0.556. The summed E-state index contributed by atoms with van der Waals surface area (Å²) in [6.07, 6.45) is 47.3. The molecule has 0 spiro atoms. The van der Waals surface area contributed by atoms with E-state index < -0.39 is 6.10 Å². The molecule has 0 bridgehead atoms. The highest BCUT2D eigenvalue weighted by Gasteiger charge is 1.97. The molecule has 1 N–H and O–H groups in total. The fourth-order valence-corrected chi connectivity index (χ4v) is 4.62. The molecule has 0 aromatic rings. The van der Waals surface area contributed by atoms with E-state index in [4.69, 9.17) is 6.42 Å². The van der Waals surface area contributed by atoms with Crippen LogP contribution < -0.4 is 0 Å². The summed E-state index contributed by atoms with van der Waals surface area (Å²) < 4.78 is 0. The lowest BCUT2D eigenvalue weighted by Crippen LogP contribution is -2.01. The van der Waals surface area contributed by atoms with E-state index in [1.54, 1.807) is 0 Å². The van der Waals surface area contributed by atoms with Crippen molar-refractivity contribution in [3.63, 3.8) is 0 Å². The van der Waals surface area contributed by atoms with Crippen LogP contribution in [0.2, 0.25) is 0 Å². The van der Waals surface area contributed by atoms with Crippen LogP contribution in [0, 0.1) is 24.2 Å². The molecule has 0 heterocycles. The van der Waals surface area contributed by atoms with Crippen LogP contribution in [0.4, 0.5) is 0 Å². The molecule has 1 heteroatoms. The maximum Gasteiger partial charge on any atom is 0.114 e. The molecule has 212 valence electrons. The van der Waals surface area contributed by atoms with Gasteiger partial charge in [0.1, 0.15) is 6.10 Å². The van der Waals surface area contributed by atoms with E-state index in [1.807, 2.05) is 0 Å². The molecule has 1 nitrogen and oxygen atoms in total. The lowest BCUT2D eigenvalue weighted by Gasteiger charge is -2.02. The highest BCUT2D eigenvalue weighted by atomic mass is 16.3. The van der Waals surface area contributed by atoms with Crippen LogP contribution in [0.15, 0.2) is 24.3 Å². The summed E-state index contributed by atoms with van der Waals surface area (Å²) in [5.74, 6) is 8.98. The molecule has 0 saturated carbocycles. The normalized spacial score (nSPS) is 12.1. The van der Waals surface area contributed by atoms with Crippen LogP contribution in [-0.4, -0.2) is 11.2 Å².